The minimum absolute atomic E-state index is 0.0224. The Morgan fingerprint density at radius 1 is 1.26 bits per heavy atom. The summed E-state index contributed by atoms with van der Waals surface area (Å²) in [5, 5.41) is -0.0224. The maximum Gasteiger partial charge on any atom is 0.416 e. The van der Waals surface area contributed by atoms with E-state index in [0.29, 0.717) is 22.4 Å². The zero-order valence-electron chi connectivity index (χ0n) is 14.6. The fourth-order valence-corrected chi connectivity index (χ4v) is 3.36. The minimum atomic E-state index is -4.47. The maximum absolute atomic E-state index is 12.8. The Labute approximate surface area is 159 Å². The molecule has 0 saturated carbocycles. The number of nitrogens with two attached hydrogens (primary N) is 1. The van der Waals surface area contributed by atoms with Gasteiger partial charge in [0.15, 0.2) is 0 Å². The highest BCUT2D eigenvalue weighted by atomic mass is 35.5. The summed E-state index contributed by atoms with van der Waals surface area (Å²) in [5.74, 6) is 0.467. The summed E-state index contributed by atoms with van der Waals surface area (Å²) in [5.41, 5.74) is 5.53. The number of fused-ring (bicyclic) bond motifs is 1. The number of hydrogen-bond acceptors (Lipinski definition) is 3. The molecule has 8 heteroatoms. The van der Waals surface area contributed by atoms with E-state index in [0.717, 1.165) is 12.1 Å². The SMILES string of the molecule is CC1(C)COc2cc(-c3ccc(C(F)(F)F)cc3Cl)ccc2C1OC(N)=O. The number of carbonyl (C=O) groups excluding carboxylic acids is 1. The first-order valence-electron chi connectivity index (χ1n) is 8.09. The summed E-state index contributed by atoms with van der Waals surface area (Å²) in [6.45, 7) is 4.04. The summed E-state index contributed by atoms with van der Waals surface area (Å²) in [4.78, 5) is 11.3. The van der Waals surface area contributed by atoms with E-state index in [4.69, 9.17) is 26.8 Å². The number of amides is 1. The van der Waals surface area contributed by atoms with E-state index in [1.54, 1.807) is 18.2 Å². The lowest BCUT2D eigenvalue weighted by Gasteiger charge is -2.38. The number of halogens is 4. The smallest absolute Gasteiger partial charge is 0.416 e. The number of rotatable bonds is 2. The summed E-state index contributed by atoms with van der Waals surface area (Å²) < 4.78 is 49.5. The lowest BCUT2D eigenvalue weighted by molar-refractivity contribution is -0.137. The van der Waals surface area contributed by atoms with Crippen LogP contribution in [0.2, 0.25) is 5.02 Å². The van der Waals surface area contributed by atoms with Crippen LogP contribution in [-0.4, -0.2) is 12.7 Å². The second kappa shape index (κ2) is 6.64. The largest absolute Gasteiger partial charge is 0.492 e. The number of ether oxygens (including phenoxy) is 2. The van der Waals surface area contributed by atoms with Gasteiger partial charge in [-0.15, -0.1) is 0 Å². The average Bonchev–Trinajstić information content (AvgIpc) is 2.56. The van der Waals surface area contributed by atoms with Gasteiger partial charge in [0.2, 0.25) is 0 Å². The molecule has 144 valence electrons. The molecule has 1 amide bonds. The highest BCUT2D eigenvalue weighted by Gasteiger charge is 2.40. The average molecular weight is 400 g/mol. The van der Waals surface area contributed by atoms with Crippen LogP contribution in [-0.2, 0) is 10.9 Å². The van der Waals surface area contributed by atoms with Crippen LogP contribution in [0.5, 0.6) is 5.75 Å². The van der Waals surface area contributed by atoms with Crippen LogP contribution < -0.4 is 10.5 Å². The Hall–Kier alpha value is -2.41. The molecule has 1 unspecified atom stereocenters. The third kappa shape index (κ3) is 3.83. The van der Waals surface area contributed by atoms with Crippen molar-refractivity contribution in [1.82, 2.24) is 0 Å². The molecule has 2 aromatic carbocycles. The molecular formula is C19H17ClF3NO3. The number of hydrogen-bond donors (Lipinski definition) is 1. The zero-order chi connectivity index (χ0) is 20.0. The van der Waals surface area contributed by atoms with Gasteiger partial charge in [0.05, 0.1) is 12.2 Å². The molecular weight excluding hydrogens is 383 g/mol. The van der Waals surface area contributed by atoms with E-state index in [1.165, 1.54) is 6.07 Å². The van der Waals surface area contributed by atoms with Crippen molar-refractivity contribution in [2.45, 2.75) is 26.1 Å². The molecule has 0 saturated heterocycles. The summed E-state index contributed by atoms with van der Waals surface area (Å²) in [6.07, 6.45) is -5.96. The first kappa shape index (κ1) is 19.4. The number of benzene rings is 2. The Kier molecular flexibility index (Phi) is 4.76. The summed E-state index contributed by atoms with van der Waals surface area (Å²) in [7, 11) is 0. The van der Waals surface area contributed by atoms with Crippen molar-refractivity contribution in [3.63, 3.8) is 0 Å². The van der Waals surface area contributed by atoms with Crippen molar-refractivity contribution < 1.29 is 27.4 Å². The van der Waals surface area contributed by atoms with Gasteiger partial charge in [0, 0.05) is 21.6 Å². The lowest BCUT2D eigenvalue weighted by Crippen LogP contribution is -2.37. The van der Waals surface area contributed by atoms with Crippen LogP contribution in [0.4, 0.5) is 18.0 Å². The molecule has 0 spiro atoms. The van der Waals surface area contributed by atoms with Crippen molar-refractivity contribution >= 4 is 17.7 Å². The maximum atomic E-state index is 12.8. The quantitative estimate of drug-likeness (QED) is 0.717. The molecule has 4 nitrogen and oxygen atoms in total. The molecule has 2 aromatic rings. The molecule has 0 bridgehead atoms. The lowest BCUT2D eigenvalue weighted by atomic mass is 9.80. The van der Waals surface area contributed by atoms with E-state index in [1.807, 2.05) is 13.8 Å². The van der Waals surface area contributed by atoms with E-state index >= 15 is 0 Å². The van der Waals surface area contributed by atoms with Crippen LogP contribution >= 0.6 is 11.6 Å². The number of carbonyl (C=O) groups is 1. The normalized spacial score (nSPS) is 18.4. The molecule has 1 heterocycles. The van der Waals surface area contributed by atoms with Gasteiger partial charge in [-0.2, -0.15) is 13.2 Å². The molecule has 1 aliphatic rings. The molecule has 0 aliphatic carbocycles. The highest BCUT2D eigenvalue weighted by Crippen LogP contribution is 2.46. The third-order valence-electron chi connectivity index (χ3n) is 4.45. The van der Waals surface area contributed by atoms with Gasteiger partial charge in [0.25, 0.3) is 0 Å². The van der Waals surface area contributed by atoms with Crippen molar-refractivity contribution in [2.24, 2.45) is 11.1 Å². The predicted molar refractivity (Wildman–Crippen MR) is 94.6 cm³/mol. The van der Waals surface area contributed by atoms with E-state index in [2.05, 4.69) is 0 Å². The predicted octanol–water partition coefficient (Wildman–Crippen LogP) is 5.58. The molecule has 0 fully saturated rings. The zero-order valence-corrected chi connectivity index (χ0v) is 15.3. The monoisotopic (exact) mass is 399 g/mol. The molecule has 27 heavy (non-hydrogen) atoms. The number of alkyl halides is 3. The van der Waals surface area contributed by atoms with Crippen LogP contribution in [0.15, 0.2) is 36.4 Å². The first-order valence-corrected chi connectivity index (χ1v) is 8.47. The van der Waals surface area contributed by atoms with E-state index in [9.17, 15) is 18.0 Å². The Morgan fingerprint density at radius 3 is 2.56 bits per heavy atom. The van der Waals surface area contributed by atoms with Gasteiger partial charge in [0.1, 0.15) is 11.9 Å². The fourth-order valence-electron chi connectivity index (χ4n) is 3.07. The molecule has 1 atom stereocenters. The molecule has 2 N–H and O–H groups in total. The topological polar surface area (TPSA) is 61.6 Å². The Morgan fingerprint density at radius 2 is 1.96 bits per heavy atom. The van der Waals surface area contributed by atoms with E-state index < -0.39 is 29.4 Å². The highest BCUT2D eigenvalue weighted by molar-refractivity contribution is 6.33. The van der Waals surface area contributed by atoms with Crippen LogP contribution in [0, 0.1) is 5.41 Å². The molecule has 0 aromatic heterocycles. The van der Waals surface area contributed by atoms with Gasteiger partial charge in [-0.05, 0) is 23.8 Å². The first-order chi connectivity index (χ1) is 12.5. The Bertz CT molecular complexity index is 896. The van der Waals surface area contributed by atoms with Gasteiger partial charge in [-0.3, -0.25) is 0 Å². The van der Waals surface area contributed by atoms with Crippen molar-refractivity contribution in [1.29, 1.82) is 0 Å². The standard InChI is InChI=1S/C19H17ClF3NO3/c1-18(2)9-26-15-7-10(3-5-13(15)16(18)27-17(24)25)12-6-4-11(8-14(12)20)19(21,22)23/h3-8,16H,9H2,1-2H3,(H2,24,25). The van der Waals surface area contributed by atoms with E-state index in [-0.39, 0.29) is 11.6 Å². The van der Waals surface area contributed by atoms with Crippen molar-refractivity contribution in [2.75, 3.05) is 6.61 Å². The summed E-state index contributed by atoms with van der Waals surface area (Å²) >= 11 is 6.07. The number of primary amides is 1. The molecule has 3 rings (SSSR count). The van der Waals surface area contributed by atoms with Crippen LogP contribution in [0.3, 0.4) is 0 Å². The Balaban J connectivity index is 2.01. The third-order valence-corrected chi connectivity index (χ3v) is 4.76. The minimum Gasteiger partial charge on any atom is -0.492 e. The molecule has 0 radical (unpaired) electrons. The van der Waals surface area contributed by atoms with Crippen LogP contribution in [0.1, 0.15) is 31.1 Å². The van der Waals surface area contributed by atoms with Crippen LogP contribution in [0.25, 0.3) is 11.1 Å². The fraction of sp³-hybridized carbons (Fsp3) is 0.316. The van der Waals surface area contributed by atoms with Crippen molar-refractivity contribution in [3.05, 3.63) is 52.5 Å². The van der Waals surface area contributed by atoms with Gasteiger partial charge in [-0.25, -0.2) is 4.79 Å². The van der Waals surface area contributed by atoms with Gasteiger partial charge in [-0.1, -0.05) is 43.6 Å². The van der Waals surface area contributed by atoms with Crippen molar-refractivity contribution in [3.8, 4) is 16.9 Å². The summed E-state index contributed by atoms with van der Waals surface area (Å²) in [6, 6.07) is 8.24. The second-order valence-corrected chi connectivity index (χ2v) is 7.45. The van der Waals surface area contributed by atoms with Gasteiger partial charge < -0.3 is 15.2 Å². The second-order valence-electron chi connectivity index (χ2n) is 7.04. The van der Waals surface area contributed by atoms with Gasteiger partial charge >= 0.3 is 12.3 Å². The molecule has 1 aliphatic heterocycles.